The van der Waals surface area contributed by atoms with Crippen LogP contribution in [0, 0.1) is 0 Å². The molecule has 1 saturated heterocycles. The molecule has 88 valence electrons. The fourth-order valence-corrected chi connectivity index (χ4v) is 2.27. The Morgan fingerprint density at radius 1 is 1.62 bits per heavy atom. The molecule has 0 aromatic carbocycles. The summed E-state index contributed by atoms with van der Waals surface area (Å²) in [5, 5.41) is 3.95. The van der Waals surface area contributed by atoms with Crippen molar-refractivity contribution in [3.63, 3.8) is 0 Å². The number of nitrogens with zero attached hydrogens (tertiary/aromatic N) is 2. The second kappa shape index (κ2) is 5.46. The van der Waals surface area contributed by atoms with Crippen molar-refractivity contribution in [2.45, 2.75) is 38.3 Å². The molecule has 2 rings (SSSR count). The molecule has 5 heteroatoms. The standard InChI is InChI=1S/C11H16ClN3O/c12-9-7-14-11(16)15(8-9)6-2-4-10-3-1-5-13-10/h7-8,10,13H,1-6H2. The first-order chi connectivity index (χ1) is 7.75. The Morgan fingerprint density at radius 2 is 2.50 bits per heavy atom. The van der Waals surface area contributed by atoms with Crippen LogP contribution in [0.4, 0.5) is 0 Å². The Labute approximate surface area is 99.6 Å². The fraction of sp³-hybridized carbons (Fsp3) is 0.636. The average molecular weight is 242 g/mol. The molecule has 16 heavy (non-hydrogen) atoms. The summed E-state index contributed by atoms with van der Waals surface area (Å²) < 4.78 is 1.58. The van der Waals surface area contributed by atoms with Gasteiger partial charge in [0.25, 0.3) is 0 Å². The van der Waals surface area contributed by atoms with Crippen molar-refractivity contribution in [1.29, 1.82) is 0 Å². The molecular formula is C11H16ClN3O. The lowest BCUT2D eigenvalue weighted by atomic mass is 10.1. The van der Waals surface area contributed by atoms with E-state index in [2.05, 4.69) is 10.3 Å². The molecule has 0 amide bonds. The first-order valence-electron chi connectivity index (χ1n) is 5.71. The van der Waals surface area contributed by atoms with Gasteiger partial charge in [0.05, 0.1) is 11.2 Å². The van der Waals surface area contributed by atoms with Gasteiger partial charge in [-0.3, -0.25) is 4.57 Å². The molecule has 0 spiro atoms. The highest BCUT2D eigenvalue weighted by molar-refractivity contribution is 6.30. The molecule has 1 unspecified atom stereocenters. The highest BCUT2D eigenvalue weighted by atomic mass is 35.5. The molecule has 1 fully saturated rings. The topological polar surface area (TPSA) is 46.9 Å². The lowest BCUT2D eigenvalue weighted by Gasteiger charge is -2.10. The molecular weight excluding hydrogens is 226 g/mol. The molecule has 1 aromatic rings. The van der Waals surface area contributed by atoms with E-state index in [0.717, 1.165) is 19.4 Å². The van der Waals surface area contributed by atoms with Crippen LogP contribution >= 0.6 is 11.6 Å². The summed E-state index contributed by atoms with van der Waals surface area (Å²) in [6.07, 6.45) is 7.66. The van der Waals surface area contributed by atoms with E-state index in [1.54, 1.807) is 10.8 Å². The van der Waals surface area contributed by atoms with Gasteiger partial charge in [-0.1, -0.05) is 11.6 Å². The second-order valence-electron chi connectivity index (χ2n) is 4.18. The van der Waals surface area contributed by atoms with Crippen LogP contribution < -0.4 is 11.0 Å². The van der Waals surface area contributed by atoms with Gasteiger partial charge in [-0.05, 0) is 32.2 Å². The zero-order valence-corrected chi connectivity index (χ0v) is 9.91. The van der Waals surface area contributed by atoms with E-state index >= 15 is 0 Å². The van der Waals surface area contributed by atoms with Gasteiger partial charge < -0.3 is 5.32 Å². The maximum absolute atomic E-state index is 11.4. The van der Waals surface area contributed by atoms with Crippen molar-refractivity contribution < 1.29 is 0 Å². The van der Waals surface area contributed by atoms with Crippen molar-refractivity contribution in [2.24, 2.45) is 0 Å². The summed E-state index contributed by atoms with van der Waals surface area (Å²) in [4.78, 5) is 15.1. The van der Waals surface area contributed by atoms with Gasteiger partial charge in [-0.2, -0.15) is 0 Å². The summed E-state index contributed by atoms with van der Waals surface area (Å²) in [6, 6.07) is 0.628. The maximum atomic E-state index is 11.4. The average Bonchev–Trinajstić information content (AvgIpc) is 2.76. The molecule has 0 aliphatic carbocycles. The summed E-state index contributed by atoms with van der Waals surface area (Å²) in [7, 11) is 0. The largest absolute Gasteiger partial charge is 0.347 e. The molecule has 0 saturated carbocycles. The van der Waals surface area contributed by atoms with E-state index in [4.69, 9.17) is 11.6 Å². The van der Waals surface area contributed by atoms with Crippen molar-refractivity contribution in [3.05, 3.63) is 27.9 Å². The van der Waals surface area contributed by atoms with Crippen molar-refractivity contribution in [2.75, 3.05) is 6.54 Å². The van der Waals surface area contributed by atoms with E-state index in [1.807, 2.05) is 0 Å². The van der Waals surface area contributed by atoms with Crippen molar-refractivity contribution >= 4 is 11.6 Å². The maximum Gasteiger partial charge on any atom is 0.347 e. The molecule has 1 aliphatic heterocycles. The second-order valence-corrected chi connectivity index (χ2v) is 4.62. The molecule has 1 aliphatic rings. The van der Waals surface area contributed by atoms with Gasteiger partial charge in [0.2, 0.25) is 0 Å². The molecule has 0 radical (unpaired) electrons. The quantitative estimate of drug-likeness (QED) is 0.868. The summed E-state index contributed by atoms with van der Waals surface area (Å²) in [6.45, 7) is 1.83. The highest BCUT2D eigenvalue weighted by Crippen LogP contribution is 2.11. The molecule has 2 heterocycles. The van der Waals surface area contributed by atoms with E-state index in [-0.39, 0.29) is 5.69 Å². The normalized spacial score (nSPS) is 20.2. The minimum absolute atomic E-state index is 0.219. The third kappa shape index (κ3) is 3.06. The van der Waals surface area contributed by atoms with Gasteiger partial charge in [0.1, 0.15) is 0 Å². The van der Waals surface area contributed by atoms with Gasteiger partial charge >= 0.3 is 5.69 Å². The third-order valence-corrected chi connectivity index (χ3v) is 3.13. The fourth-order valence-electron chi connectivity index (χ4n) is 2.10. The van der Waals surface area contributed by atoms with Crippen molar-refractivity contribution in [3.8, 4) is 0 Å². The minimum Gasteiger partial charge on any atom is -0.314 e. The molecule has 4 nitrogen and oxygen atoms in total. The smallest absolute Gasteiger partial charge is 0.314 e. The molecule has 1 aromatic heterocycles. The van der Waals surface area contributed by atoms with E-state index < -0.39 is 0 Å². The predicted molar refractivity (Wildman–Crippen MR) is 63.8 cm³/mol. The Kier molecular flexibility index (Phi) is 3.96. The van der Waals surface area contributed by atoms with Gasteiger partial charge in [0.15, 0.2) is 0 Å². The van der Waals surface area contributed by atoms with Crippen LogP contribution in [0.1, 0.15) is 25.7 Å². The third-order valence-electron chi connectivity index (χ3n) is 2.94. The van der Waals surface area contributed by atoms with Crippen LogP contribution in [0.15, 0.2) is 17.2 Å². The lowest BCUT2D eigenvalue weighted by Crippen LogP contribution is -2.24. The van der Waals surface area contributed by atoms with Crippen LogP contribution in [0.25, 0.3) is 0 Å². The number of hydrogen-bond acceptors (Lipinski definition) is 3. The highest BCUT2D eigenvalue weighted by Gasteiger charge is 2.13. The van der Waals surface area contributed by atoms with Crippen LogP contribution in [0.2, 0.25) is 5.02 Å². The minimum atomic E-state index is -0.219. The van der Waals surface area contributed by atoms with Gasteiger partial charge in [0, 0.05) is 18.8 Å². The number of rotatable bonds is 4. The van der Waals surface area contributed by atoms with Crippen LogP contribution in [-0.4, -0.2) is 22.1 Å². The Balaban J connectivity index is 1.84. The predicted octanol–water partition coefficient (Wildman–Crippen LogP) is 1.43. The Bertz CT molecular complexity index is 398. The number of aryl methyl sites for hydroxylation is 1. The first kappa shape index (κ1) is 11.6. The number of aromatic nitrogens is 2. The number of halogens is 1. The van der Waals surface area contributed by atoms with E-state index in [0.29, 0.717) is 17.6 Å². The Hall–Kier alpha value is -0.870. The van der Waals surface area contributed by atoms with Gasteiger partial charge in [-0.25, -0.2) is 9.78 Å². The van der Waals surface area contributed by atoms with Gasteiger partial charge in [-0.15, -0.1) is 0 Å². The summed E-state index contributed by atoms with van der Waals surface area (Å²) >= 11 is 5.79. The zero-order chi connectivity index (χ0) is 11.4. The van der Waals surface area contributed by atoms with E-state index in [9.17, 15) is 4.79 Å². The monoisotopic (exact) mass is 241 g/mol. The van der Waals surface area contributed by atoms with E-state index in [1.165, 1.54) is 19.0 Å². The summed E-state index contributed by atoms with van der Waals surface area (Å²) in [5.74, 6) is 0. The van der Waals surface area contributed by atoms with Crippen molar-refractivity contribution in [1.82, 2.24) is 14.9 Å². The Morgan fingerprint density at radius 3 is 3.25 bits per heavy atom. The first-order valence-corrected chi connectivity index (χ1v) is 6.09. The summed E-state index contributed by atoms with van der Waals surface area (Å²) in [5.41, 5.74) is -0.219. The van der Waals surface area contributed by atoms with Crippen LogP contribution in [0.5, 0.6) is 0 Å². The van der Waals surface area contributed by atoms with Crippen LogP contribution in [-0.2, 0) is 6.54 Å². The SMILES string of the molecule is O=c1ncc(Cl)cn1CCCC1CCCN1. The molecule has 0 bridgehead atoms. The molecule has 1 atom stereocenters. The molecule has 1 N–H and O–H groups in total. The number of hydrogen-bond donors (Lipinski definition) is 1. The number of nitrogens with one attached hydrogen (secondary N) is 1. The zero-order valence-electron chi connectivity index (χ0n) is 9.16. The lowest BCUT2D eigenvalue weighted by molar-refractivity contribution is 0.494. The van der Waals surface area contributed by atoms with Crippen LogP contribution in [0.3, 0.4) is 0 Å².